The smallest absolute Gasteiger partial charge is 0.241 e. The van der Waals surface area contributed by atoms with E-state index in [1.54, 1.807) is 0 Å². The van der Waals surface area contributed by atoms with E-state index in [9.17, 15) is 4.79 Å². The summed E-state index contributed by atoms with van der Waals surface area (Å²) < 4.78 is 0. The molecule has 1 unspecified atom stereocenters. The summed E-state index contributed by atoms with van der Waals surface area (Å²) in [7, 11) is 0. The number of hydrogen-bond acceptors (Lipinski definition) is 3. The van der Waals surface area contributed by atoms with Gasteiger partial charge < -0.3 is 20.9 Å². The summed E-state index contributed by atoms with van der Waals surface area (Å²) in [6, 6.07) is 8.98. The second-order valence-corrected chi connectivity index (χ2v) is 6.46. The highest BCUT2D eigenvalue weighted by molar-refractivity contribution is 5.85. The molecule has 2 rings (SSSR count). The fourth-order valence-corrected chi connectivity index (χ4v) is 2.85. The van der Waals surface area contributed by atoms with Crippen LogP contribution >= 0.6 is 0 Å². The Kier molecular flexibility index (Phi) is 7.57. The van der Waals surface area contributed by atoms with E-state index in [2.05, 4.69) is 57.0 Å². The topological polar surface area (TPSA) is 68.8 Å². The van der Waals surface area contributed by atoms with Gasteiger partial charge in [0.25, 0.3) is 0 Å². The molecule has 0 radical (unpaired) electrons. The summed E-state index contributed by atoms with van der Waals surface area (Å²) in [4.78, 5) is 18.5. The van der Waals surface area contributed by atoms with Gasteiger partial charge >= 0.3 is 0 Å². The van der Waals surface area contributed by atoms with Crippen LogP contribution in [0.3, 0.4) is 0 Å². The minimum absolute atomic E-state index is 0.0354. The van der Waals surface area contributed by atoms with Crippen molar-refractivity contribution in [3.05, 3.63) is 29.8 Å². The number of carbonyl (C=O) groups is 1. The fraction of sp³-hybridized carbons (Fsp3) is 0.579. The second-order valence-electron chi connectivity index (χ2n) is 6.46. The molecule has 1 heterocycles. The van der Waals surface area contributed by atoms with Crippen LogP contribution in [0.2, 0.25) is 0 Å². The highest BCUT2D eigenvalue weighted by atomic mass is 16.1. The summed E-state index contributed by atoms with van der Waals surface area (Å²) >= 11 is 0. The predicted molar refractivity (Wildman–Crippen MR) is 104 cm³/mol. The van der Waals surface area contributed by atoms with Gasteiger partial charge in [0, 0.05) is 37.9 Å². The Balaban J connectivity index is 1.87. The summed E-state index contributed by atoms with van der Waals surface area (Å²) in [5, 5.41) is 9.53. The maximum absolute atomic E-state index is 11.7. The van der Waals surface area contributed by atoms with Crippen LogP contribution in [0.4, 0.5) is 5.69 Å². The van der Waals surface area contributed by atoms with Crippen molar-refractivity contribution in [2.75, 3.05) is 37.6 Å². The molecule has 0 aliphatic carbocycles. The molecule has 0 bridgehead atoms. The quantitative estimate of drug-likeness (QED) is 0.519. The third kappa shape index (κ3) is 6.29. The monoisotopic (exact) mass is 345 g/mol. The lowest BCUT2D eigenvalue weighted by atomic mass is 10.2. The Labute approximate surface area is 151 Å². The Morgan fingerprint density at radius 1 is 1.24 bits per heavy atom. The number of aliphatic imine (C=N–C) groups is 1. The fourth-order valence-electron chi connectivity index (χ4n) is 2.85. The Hall–Kier alpha value is -2.24. The first-order chi connectivity index (χ1) is 12.1. The zero-order valence-corrected chi connectivity index (χ0v) is 15.6. The van der Waals surface area contributed by atoms with Gasteiger partial charge in [0.2, 0.25) is 5.91 Å². The molecule has 6 heteroatoms. The van der Waals surface area contributed by atoms with Gasteiger partial charge in [-0.2, -0.15) is 0 Å². The van der Waals surface area contributed by atoms with E-state index in [4.69, 9.17) is 0 Å². The third-order valence-electron chi connectivity index (χ3n) is 4.23. The lowest BCUT2D eigenvalue weighted by Gasteiger charge is -2.20. The molecule has 1 fully saturated rings. The molecule has 1 aliphatic heterocycles. The lowest BCUT2D eigenvalue weighted by molar-refractivity contribution is -0.119. The van der Waals surface area contributed by atoms with Crippen molar-refractivity contribution in [3.63, 3.8) is 0 Å². The number of hydrogen-bond donors (Lipinski definition) is 3. The minimum atomic E-state index is -0.0354. The van der Waals surface area contributed by atoms with Crippen molar-refractivity contribution >= 4 is 17.6 Å². The largest absolute Gasteiger partial charge is 0.369 e. The number of carbonyl (C=O) groups excluding carboxylic acids is 1. The van der Waals surface area contributed by atoms with Crippen molar-refractivity contribution in [2.45, 2.75) is 39.7 Å². The van der Waals surface area contributed by atoms with Crippen LogP contribution in [0.15, 0.2) is 29.3 Å². The van der Waals surface area contributed by atoms with Crippen LogP contribution < -0.4 is 20.9 Å². The number of nitrogens with zero attached hydrogens (tertiary/aromatic N) is 2. The van der Waals surface area contributed by atoms with E-state index in [-0.39, 0.29) is 12.5 Å². The van der Waals surface area contributed by atoms with Crippen LogP contribution in [-0.2, 0) is 4.79 Å². The first-order valence-corrected chi connectivity index (χ1v) is 9.25. The summed E-state index contributed by atoms with van der Waals surface area (Å²) in [5.74, 6) is 0.677. The molecule has 6 nitrogen and oxygen atoms in total. The van der Waals surface area contributed by atoms with Crippen LogP contribution in [0.25, 0.3) is 0 Å². The van der Waals surface area contributed by atoms with Crippen molar-refractivity contribution in [1.29, 1.82) is 0 Å². The van der Waals surface area contributed by atoms with Gasteiger partial charge in [-0.1, -0.05) is 24.6 Å². The lowest BCUT2D eigenvalue weighted by Crippen LogP contribution is -2.45. The van der Waals surface area contributed by atoms with E-state index in [1.807, 2.05) is 13.8 Å². The average Bonchev–Trinajstić information content (AvgIpc) is 3.07. The molecular formula is C19H31N5O. The molecule has 138 valence electrons. The van der Waals surface area contributed by atoms with Gasteiger partial charge in [-0.05, 0) is 38.8 Å². The number of rotatable bonds is 7. The number of nitrogens with one attached hydrogen (secondary N) is 3. The first-order valence-electron chi connectivity index (χ1n) is 9.25. The van der Waals surface area contributed by atoms with Gasteiger partial charge in [0.1, 0.15) is 6.54 Å². The standard InChI is InChI=1S/C19H31N5O/c1-4-11-21-18(25)13-22-19(20-5-2)23-16-10-12-24(14-16)17-8-6-15(3)7-9-17/h6-9,16H,4-5,10-14H2,1-3H3,(H,21,25)(H2,20,22,23). The highest BCUT2D eigenvalue weighted by Crippen LogP contribution is 2.20. The molecule has 1 aromatic carbocycles. The van der Waals surface area contributed by atoms with E-state index in [0.717, 1.165) is 32.5 Å². The number of benzene rings is 1. The van der Waals surface area contributed by atoms with Crippen LogP contribution in [0.5, 0.6) is 0 Å². The zero-order valence-electron chi connectivity index (χ0n) is 15.6. The SMILES string of the molecule is CCCNC(=O)CN=C(NCC)NC1CCN(c2ccc(C)cc2)C1. The van der Waals surface area contributed by atoms with Crippen LogP contribution in [0, 0.1) is 6.92 Å². The second kappa shape index (κ2) is 9.91. The van der Waals surface area contributed by atoms with E-state index < -0.39 is 0 Å². The van der Waals surface area contributed by atoms with Crippen LogP contribution in [0.1, 0.15) is 32.3 Å². The molecule has 1 amide bonds. The molecule has 0 saturated carbocycles. The van der Waals surface area contributed by atoms with Gasteiger partial charge in [0.05, 0.1) is 0 Å². The van der Waals surface area contributed by atoms with Gasteiger partial charge in [-0.25, -0.2) is 4.99 Å². The van der Waals surface area contributed by atoms with Crippen molar-refractivity contribution in [1.82, 2.24) is 16.0 Å². The third-order valence-corrected chi connectivity index (χ3v) is 4.23. The molecule has 25 heavy (non-hydrogen) atoms. The summed E-state index contributed by atoms with van der Waals surface area (Å²) in [5.41, 5.74) is 2.54. The van der Waals surface area contributed by atoms with Crippen molar-refractivity contribution < 1.29 is 4.79 Å². The molecule has 0 aromatic heterocycles. The molecule has 1 aliphatic rings. The zero-order chi connectivity index (χ0) is 18.1. The van der Waals surface area contributed by atoms with E-state index in [0.29, 0.717) is 18.5 Å². The van der Waals surface area contributed by atoms with Crippen molar-refractivity contribution in [3.8, 4) is 0 Å². The number of amides is 1. The summed E-state index contributed by atoms with van der Waals surface area (Å²) in [6.45, 7) is 9.77. The Morgan fingerprint density at radius 2 is 2.00 bits per heavy atom. The number of guanidine groups is 1. The van der Waals surface area contributed by atoms with Gasteiger partial charge in [0.15, 0.2) is 5.96 Å². The highest BCUT2D eigenvalue weighted by Gasteiger charge is 2.23. The normalized spacial score (nSPS) is 17.5. The molecule has 0 spiro atoms. The molecule has 1 saturated heterocycles. The Morgan fingerprint density at radius 3 is 2.68 bits per heavy atom. The first kappa shape index (κ1) is 19.1. The Bertz CT molecular complexity index is 570. The molecule has 1 aromatic rings. The molecular weight excluding hydrogens is 314 g/mol. The van der Waals surface area contributed by atoms with Crippen molar-refractivity contribution in [2.24, 2.45) is 4.99 Å². The minimum Gasteiger partial charge on any atom is -0.369 e. The van der Waals surface area contributed by atoms with E-state index >= 15 is 0 Å². The van der Waals surface area contributed by atoms with Crippen LogP contribution in [-0.4, -0.2) is 50.6 Å². The maximum atomic E-state index is 11.7. The maximum Gasteiger partial charge on any atom is 0.241 e. The molecule has 1 atom stereocenters. The molecule has 3 N–H and O–H groups in total. The number of anilines is 1. The van der Waals surface area contributed by atoms with Gasteiger partial charge in [-0.3, -0.25) is 4.79 Å². The predicted octanol–water partition coefficient (Wildman–Crippen LogP) is 1.66. The average molecular weight is 345 g/mol. The summed E-state index contributed by atoms with van der Waals surface area (Å²) in [6.07, 6.45) is 1.99. The number of aryl methyl sites for hydroxylation is 1. The van der Waals surface area contributed by atoms with E-state index in [1.165, 1.54) is 11.3 Å². The van der Waals surface area contributed by atoms with Gasteiger partial charge in [-0.15, -0.1) is 0 Å².